The molecule has 1 aromatic carbocycles. The molecule has 0 radical (unpaired) electrons. The number of hydrogen-bond donors (Lipinski definition) is 3. The molecular formula is C9H8N3O5PS. The van der Waals surface area contributed by atoms with Crippen LogP contribution in [0.4, 0.5) is 0 Å². The molecule has 0 unspecified atom stereocenters. The predicted molar refractivity (Wildman–Crippen MR) is 70.8 cm³/mol. The SMILES string of the molecule is O=C=N[SH](N=C=O)P(O)(O)(N=C=O)c1ccccc1. The number of rotatable bonds is 5. The Labute approximate surface area is 109 Å². The van der Waals surface area contributed by atoms with Crippen molar-refractivity contribution >= 4 is 40.8 Å². The van der Waals surface area contributed by atoms with Crippen molar-refractivity contribution in [3.05, 3.63) is 30.3 Å². The molecule has 100 valence electrons. The molecule has 0 aliphatic carbocycles. The zero-order valence-electron chi connectivity index (χ0n) is 9.24. The fraction of sp³-hybridized carbons (Fsp3) is 0. The summed E-state index contributed by atoms with van der Waals surface area (Å²) in [5.41, 5.74) is 0. The van der Waals surface area contributed by atoms with Gasteiger partial charge >= 0.3 is 109 Å². The molecule has 0 aliphatic heterocycles. The molecule has 10 heteroatoms. The van der Waals surface area contributed by atoms with E-state index in [0.29, 0.717) is 0 Å². The summed E-state index contributed by atoms with van der Waals surface area (Å²) in [7, 11) is -2.76. The maximum atomic E-state index is 10.5. The zero-order chi connectivity index (χ0) is 14.4. The number of isocyanates is 3. The van der Waals surface area contributed by atoms with E-state index in [4.69, 9.17) is 0 Å². The fourth-order valence-corrected chi connectivity index (χ4v) is 5.59. The van der Waals surface area contributed by atoms with E-state index < -0.39 is 17.3 Å². The molecular weight excluding hydrogens is 293 g/mol. The zero-order valence-corrected chi connectivity index (χ0v) is 11.0. The Morgan fingerprint density at radius 1 is 0.947 bits per heavy atom. The van der Waals surface area contributed by atoms with Crippen molar-refractivity contribution in [2.24, 2.45) is 13.6 Å². The molecule has 0 bridgehead atoms. The monoisotopic (exact) mass is 301 g/mol. The van der Waals surface area contributed by atoms with Crippen LogP contribution in [0.1, 0.15) is 0 Å². The van der Waals surface area contributed by atoms with Gasteiger partial charge in [0.1, 0.15) is 0 Å². The molecule has 1 rings (SSSR count). The number of benzene rings is 1. The second kappa shape index (κ2) is 5.80. The number of nitrogens with zero attached hydrogens (tertiary/aromatic N) is 3. The van der Waals surface area contributed by atoms with E-state index in [2.05, 4.69) is 13.6 Å². The molecule has 0 saturated carbocycles. The third-order valence-corrected chi connectivity index (χ3v) is 8.36. The average Bonchev–Trinajstić information content (AvgIpc) is 2.40. The summed E-state index contributed by atoms with van der Waals surface area (Å²) in [6, 6.07) is 7.00. The van der Waals surface area contributed by atoms with Crippen molar-refractivity contribution < 1.29 is 24.2 Å². The van der Waals surface area contributed by atoms with Crippen LogP contribution in [0.5, 0.6) is 0 Å². The Balaban J connectivity index is 3.66. The van der Waals surface area contributed by atoms with Crippen LogP contribution in [0.25, 0.3) is 0 Å². The van der Waals surface area contributed by atoms with Crippen molar-refractivity contribution in [3.8, 4) is 0 Å². The summed E-state index contributed by atoms with van der Waals surface area (Å²) >= 11 is 0. The van der Waals surface area contributed by atoms with Crippen LogP contribution in [0.3, 0.4) is 0 Å². The van der Waals surface area contributed by atoms with Gasteiger partial charge in [-0.15, -0.1) is 0 Å². The third kappa shape index (κ3) is 2.90. The quantitative estimate of drug-likeness (QED) is 0.313. The first kappa shape index (κ1) is 15.1. The minimum absolute atomic E-state index is 0.180. The van der Waals surface area contributed by atoms with Gasteiger partial charge in [0.15, 0.2) is 0 Å². The molecule has 0 aliphatic rings. The summed E-state index contributed by atoms with van der Waals surface area (Å²) in [6.45, 7) is 0. The van der Waals surface area contributed by atoms with Gasteiger partial charge in [0.05, 0.1) is 0 Å². The first-order valence-corrected chi connectivity index (χ1v) is 8.66. The van der Waals surface area contributed by atoms with Crippen molar-refractivity contribution in [1.82, 2.24) is 0 Å². The predicted octanol–water partition coefficient (Wildman–Crippen LogP) is 0.348. The van der Waals surface area contributed by atoms with E-state index in [1.165, 1.54) is 24.3 Å². The Bertz CT molecular complexity index is 600. The fourth-order valence-electron chi connectivity index (χ4n) is 1.23. The number of hydrogen-bond acceptors (Lipinski definition) is 8. The van der Waals surface area contributed by atoms with Crippen molar-refractivity contribution in [1.29, 1.82) is 0 Å². The number of thiol groups is 1. The van der Waals surface area contributed by atoms with Crippen LogP contribution in [0.15, 0.2) is 43.9 Å². The van der Waals surface area contributed by atoms with E-state index in [9.17, 15) is 24.2 Å². The molecule has 0 saturated heterocycles. The number of carbonyl (C=O) groups excluding carboxylic acids is 3. The van der Waals surface area contributed by atoms with Gasteiger partial charge in [-0.2, -0.15) is 0 Å². The van der Waals surface area contributed by atoms with Gasteiger partial charge in [0.2, 0.25) is 0 Å². The maximum absolute atomic E-state index is 10.5. The van der Waals surface area contributed by atoms with E-state index in [0.717, 1.165) is 18.2 Å². The average molecular weight is 301 g/mol. The second-order valence-electron chi connectivity index (χ2n) is 3.11. The molecule has 0 spiro atoms. The summed E-state index contributed by atoms with van der Waals surface area (Å²) in [4.78, 5) is 51.9. The van der Waals surface area contributed by atoms with Crippen LogP contribution in [0.2, 0.25) is 0 Å². The molecule has 19 heavy (non-hydrogen) atoms. The van der Waals surface area contributed by atoms with Gasteiger partial charge in [-0.05, 0) is 0 Å². The molecule has 2 N–H and O–H groups in total. The van der Waals surface area contributed by atoms with Crippen LogP contribution in [0, 0.1) is 0 Å². The second-order valence-corrected chi connectivity index (χ2v) is 9.92. The van der Waals surface area contributed by atoms with Crippen LogP contribution < -0.4 is 5.30 Å². The topological polar surface area (TPSA) is 129 Å². The summed E-state index contributed by atoms with van der Waals surface area (Å²) < 4.78 is 9.15. The minimum atomic E-state index is -5.38. The first-order valence-electron chi connectivity index (χ1n) is 4.62. The molecule has 0 amide bonds. The third-order valence-electron chi connectivity index (χ3n) is 2.03. The molecule has 0 fully saturated rings. The van der Waals surface area contributed by atoms with Crippen LogP contribution in [-0.2, 0) is 14.4 Å². The van der Waals surface area contributed by atoms with Gasteiger partial charge < -0.3 is 0 Å². The Kier molecular flexibility index (Phi) is 4.62. The van der Waals surface area contributed by atoms with E-state index in [-0.39, 0.29) is 5.30 Å². The summed E-state index contributed by atoms with van der Waals surface area (Å²) in [5, 5.41) is -0.180. The van der Waals surface area contributed by atoms with Gasteiger partial charge in [0, 0.05) is 0 Å². The normalized spacial score (nSPS) is 14.6. The van der Waals surface area contributed by atoms with Crippen molar-refractivity contribution in [3.63, 3.8) is 0 Å². The summed E-state index contributed by atoms with van der Waals surface area (Å²) in [5.74, 6) is 0. The van der Waals surface area contributed by atoms with Crippen molar-refractivity contribution in [2.75, 3.05) is 0 Å². The summed E-state index contributed by atoms with van der Waals surface area (Å²) in [6.07, 6.45) is -2.23. The van der Waals surface area contributed by atoms with Crippen LogP contribution >= 0.6 is 17.3 Å². The molecule has 0 heterocycles. The van der Waals surface area contributed by atoms with E-state index in [1.807, 2.05) is 0 Å². The van der Waals surface area contributed by atoms with Gasteiger partial charge in [-0.1, -0.05) is 0 Å². The molecule has 0 atom stereocenters. The molecule has 1 aromatic rings. The first-order chi connectivity index (χ1) is 8.98. The van der Waals surface area contributed by atoms with Crippen molar-refractivity contribution in [2.45, 2.75) is 0 Å². The van der Waals surface area contributed by atoms with E-state index >= 15 is 0 Å². The molecule has 0 aromatic heterocycles. The van der Waals surface area contributed by atoms with Gasteiger partial charge in [0.25, 0.3) is 0 Å². The van der Waals surface area contributed by atoms with Gasteiger partial charge in [-0.25, -0.2) is 0 Å². The van der Waals surface area contributed by atoms with Crippen LogP contribution in [-0.4, -0.2) is 28.0 Å². The molecule has 8 nitrogen and oxygen atoms in total. The Morgan fingerprint density at radius 3 is 1.89 bits per heavy atom. The van der Waals surface area contributed by atoms with Gasteiger partial charge in [-0.3, -0.25) is 0 Å². The standard InChI is InChI=1S/C9H8N3O5PS/c13-6-10-18(16,17,9-4-2-1-3-5-9)19(11-7-14)12-8-15/h1-5,16-17,19H. The Hall–Kier alpha value is -1.94. The van der Waals surface area contributed by atoms with E-state index in [1.54, 1.807) is 6.07 Å². The Morgan fingerprint density at radius 2 is 1.47 bits per heavy atom.